The predicted molar refractivity (Wildman–Crippen MR) is 112 cm³/mol. The van der Waals surface area contributed by atoms with Gasteiger partial charge in [0.2, 0.25) is 11.8 Å². The zero-order valence-electron chi connectivity index (χ0n) is 16.2. The van der Waals surface area contributed by atoms with Gasteiger partial charge in [-0.05, 0) is 50.6 Å². The summed E-state index contributed by atoms with van der Waals surface area (Å²) in [5.74, 6) is 1.00. The van der Waals surface area contributed by atoms with Crippen LogP contribution in [0.1, 0.15) is 38.1 Å². The normalized spacial score (nSPS) is 15.6. The van der Waals surface area contributed by atoms with Crippen LogP contribution in [0.15, 0.2) is 35.7 Å². The molecule has 1 aromatic carbocycles. The van der Waals surface area contributed by atoms with Gasteiger partial charge in [0.15, 0.2) is 0 Å². The number of hydrogen-bond donors (Lipinski definition) is 2. The maximum atomic E-state index is 9.70. The summed E-state index contributed by atoms with van der Waals surface area (Å²) in [7, 11) is 0. The van der Waals surface area contributed by atoms with Gasteiger partial charge >= 0.3 is 0 Å². The number of nitrogens with two attached hydrogens (primary N) is 1. The summed E-state index contributed by atoms with van der Waals surface area (Å²) in [5.41, 5.74) is 10.1. The maximum Gasteiger partial charge on any atom is 0.244 e. The van der Waals surface area contributed by atoms with Gasteiger partial charge in [-0.1, -0.05) is 11.6 Å². The number of fused-ring (bicyclic) bond motifs is 1. The number of halogens is 1. The fourth-order valence-corrected chi connectivity index (χ4v) is 4.83. The van der Waals surface area contributed by atoms with Crippen LogP contribution >= 0.6 is 22.9 Å². The fraction of sp³-hybridized carbons (Fsp3) is 0.238. The van der Waals surface area contributed by atoms with E-state index in [1.54, 1.807) is 11.3 Å². The predicted octanol–water partition coefficient (Wildman–Crippen LogP) is 4.85. The molecule has 3 heterocycles. The van der Waals surface area contributed by atoms with Crippen LogP contribution in [0.4, 0.5) is 0 Å². The number of aromatic amines is 1. The van der Waals surface area contributed by atoms with Gasteiger partial charge in [0.25, 0.3) is 0 Å². The molecule has 0 fully saturated rings. The lowest BCUT2D eigenvalue weighted by atomic mass is 9.88. The van der Waals surface area contributed by atoms with Crippen LogP contribution in [0, 0.1) is 32.1 Å². The number of aryl methyl sites for hydroxylation is 3. The molecule has 1 aliphatic rings. The zero-order valence-corrected chi connectivity index (χ0v) is 17.7. The SMILES string of the molecule is Cc1cc(Cl)ccc1OCc1cc([C@@H]2C(C#N)=C(N)Oc3n[nH]c(C)c32)sc1C. The van der Waals surface area contributed by atoms with E-state index in [4.69, 9.17) is 26.8 Å². The highest BCUT2D eigenvalue weighted by molar-refractivity contribution is 7.12. The molecule has 2 aromatic heterocycles. The lowest BCUT2D eigenvalue weighted by molar-refractivity contribution is 0.304. The molecule has 6 nitrogen and oxygen atoms in total. The quantitative estimate of drug-likeness (QED) is 0.621. The van der Waals surface area contributed by atoms with Gasteiger partial charge in [-0.2, -0.15) is 5.26 Å². The molecule has 0 amide bonds. The number of rotatable bonds is 4. The van der Waals surface area contributed by atoms with E-state index in [0.717, 1.165) is 37.9 Å². The van der Waals surface area contributed by atoms with Crippen molar-refractivity contribution in [3.63, 3.8) is 0 Å². The Balaban J connectivity index is 1.67. The number of nitrogens with zero attached hydrogens (tertiary/aromatic N) is 2. The minimum atomic E-state index is -0.308. The van der Waals surface area contributed by atoms with Crippen molar-refractivity contribution in [2.45, 2.75) is 33.3 Å². The van der Waals surface area contributed by atoms with E-state index in [0.29, 0.717) is 23.1 Å². The first-order valence-electron chi connectivity index (χ1n) is 8.99. The van der Waals surface area contributed by atoms with Gasteiger partial charge in [-0.15, -0.1) is 16.4 Å². The van der Waals surface area contributed by atoms with E-state index in [2.05, 4.69) is 22.3 Å². The summed E-state index contributed by atoms with van der Waals surface area (Å²) >= 11 is 7.64. The first-order valence-corrected chi connectivity index (χ1v) is 10.2. The third kappa shape index (κ3) is 3.46. The highest BCUT2D eigenvalue weighted by Crippen LogP contribution is 2.45. The Morgan fingerprint density at radius 1 is 1.34 bits per heavy atom. The molecular formula is C21H19ClN4O2S. The molecule has 3 N–H and O–H groups in total. The monoisotopic (exact) mass is 426 g/mol. The fourth-order valence-electron chi connectivity index (χ4n) is 3.44. The average Bonchev–Trinajstić information content (AvgIpc) is 3.22. The highest BCUT2D eigenvalue weighted by atomic mass is 35.5. The molecule has 0 saturated heterocycles. The number of nitrogens with one attached hydrogen (secondary N) is 1. The summed E-state index contributed by atoms with van der Waals surface area (Å²) in [6.45, 7) is 6.34. The topological polar surface area (TPSA) is 96.9 Å². The molecular weight excluding hydrogens is 408 g/mol. The van der Waals surface area contributed by atoms with Crippen molar-refractivity contribution >= 4 is 22.9 Å². The van der Waals surface area contributed by atoms with Crippen molar-refractivity contribution in [1.29, 1.82) is 5.26 Å². The molecule has 0 saturated carbocycles. The smallest absolute Gasteiger partial charge is 0.244 e. The molecule has 29 heavy (non-hydrogen) atoms. The highest BCUT2D eigenvalue weighted by Gasteiger charge is 2.35. The van der Waals surface area contributed by atoms with Crippen LogP contribution in [0.5, 0.6) is 11.6 Å². The van der Waals surface area contributed by atoms with Crippen molar-refractivity contribution in [2.24, 2.45) is 5.73 Å². The van der Waals surface area contributed by atoms with Crippen LogP contribution in [-0.4, -0.2) is 10.2 Å². The van der Waals surface area contributed by atoms with Gasteiger partial charge in [0.05, 0.1) is 11.5 Å². The van der Waals surface area contributed by atoms with E-state index in [1.807, 2.05) is 39.0 Å². The molecule has 0 unspecified atom stereocenters. The van der Waals surface area contributed by atoms with Crippen LogP contribution in [-0.2, 0) is 6.61 Å². The third-order valence-corrected chi connectivity index (χ3v) is 6.37. The standard InChI is InChI=1S/C21H19ClN4O2S/c1-10-6-14(22)4-5-16(10)27-9-13-7-17(29-12(13)3)19-15(8-23)20(24)28-21-18(19)11(2)25-26-21/h4-7,19H,9,24H2,1-3H3,(H,25,26)/t19-/m0/s1. The molecule has 0 aliphatic carbocycles. The van der Waals surface area contributed by atoms with Crippen LogP contribution in [0.3, 0.4) is 0 Å². The third-order valence-electron chi connectivity index (χ3n) is 4.97. The largest absolute Gasteiger partial charge is 0.489 e. The number of allylic oxidation sites excluding steroid dienone is 1. The van der Waals surface area contributed by atoms with E-state index in [-0.39, 0.29) is 11.8 Å². The van der Waals surface area contributed by atoms with E-state index >= 15 is 0 Å². The second kappa shape index (κ2) is 7.47. The number of ether oxygens (including phenoxy) is 2. The molecule has 8 heteroatoms. The number of H-pyrrole nitrogens is 1. The molecule has 0 radical (unpaired) electrons. The Bertz CT molecular complexity index is 1170. The summed E-state index contributed by atoms with van der Waals surface area (Å²) in [6.07, 6.45) is 0. The number of aromatic nitrogens is 2. The second-order valence-electron chi connectivity index (χ2n) is 6.92. The molecule has 0 bridgehead atoms. The van der Waals surface area contributed by atoms with E-state index in [9.17, 15) is 5.26 Å². The summed E-state index contributed by atoms with van der Waals surface area (Å²) in [6, 6.07) is 9.84. The van der Waals surface area contributed by atoms with Crippen molar-refractivity contribution in [2.75, 3.05) is 0 Å². The molecule has 1 atom stereocenters. The van der Waals surface area contributed by atoms with Gasteiger partial charge in [0.1, 0.15) is 24.0 Å². The van der Waals surface area contributed by atoms with Crippen molar-refractivity contribution in [3.8, 4) is 17.7 Å². The molecule has 4 rings (SSSR count). The van der Waals surface area contributed by atoms with Crippen molar-refractivity contribution in [1.82, 2.24) is 10.2 Å². The Labute approximate surface area is 177 Å². The second-order valence-corrected chi connectivity index (χ2v) is 8.65. The minimum absolute atomic E-state index is 0.0946. The van der Waals surface area contributed by atoms with Gasteiger partial charge in [-0.25, -0.2) is 0 Å². The Morgan fingerprint density at radius 2 is 2.14 bits per heavy atom. The van der Waals surface area contributed by atoms with Gasteiger partial charge < -0.3 is 15.2 Å². The summed E-state index contributed by atoms with van der Waals surface area (Å²) < 4.78 is 11.5. The average molecular weight is 427 g/mol. The van der Waals surface area contributed by atoms with Crippen molar-refractivity contribution < 1.29 is 9.47 Å². The van der Waals surface area contributed by atoms with Crippen molar-refractivity contribution in [3.05, 3.63) is 72.9 Å². The van der Waals surface area contributed by atoms with Crippen LogP contribution in [0.25, 0.3) is 0 Å². The van der Waals surface area contributed by atoms with Crippen LogP contribution in [0.2, 0.25) is 5.02 Å². The van der Waals surface area contributed by atoms with Gasteiger partial charge in [0, 0.05) is 26.0 Å². The lowest BCUT2D eigenvalue weighted by Crippen LogP contribution is -2.20. The number of thiophene rings is 1. The Kier molecular flexibility index (Phi) is 4.99. The minimum Gasteiger partial charge on any atom is -0.489 e. The number of benzene rings is 1. The van der Waals surface area contributed by atoms with E-state index in [1.165, 1.54) is 0 Å². The summed E-state index contributed by atoms with van der Waals surface area (Å²) in [4.78, 5) is 2.12. The van der Waals surface area contributed by atoms with Gasteiger partial charge in [-0.3, -0.25) is 5.10 Å². The first kappa shape index (κ1) is 19.4. The number of hydrogen-bond acceptors (Lipinski definition) is 6. The molecule has 3 aromatic rings. The zero-order chi connectivity index (χ0) is 20.7. The maximum absolute atomic E-state index is 9.70. The Hall–Kier alpha value is -2.95. The first-order chi connectivity index (χ1) is 13.9. The molecule has 1 aliphatic heterocycles. The van der Waals surface area contributed by atoms with Crippen LogP contribution < -0.4 is 15.2 Å². The lowest BCUT2D eigenvalue weighted by Gasteiger charge is -2.22. The van der Waals surface area contributed by atoms with E-state index < -0.39 is 0 Å². The Morgan fingerprint density at radius 3 is 2.86 bits per heavy atom. The molecule has 148 valence electrons. The molecule has 0 spiro atoms. The number of nitriles is 1. The summed E-state index contributed by atoms with van der Waals surface area (Å²) in [5, 5.41) is 17.5.